The molecule has 0 bridgehead atoms. The van der Waals surface area contributed by atoms with Crippen molar-refractivity contribution in [3.8, 4) is 0 Å². The van der Waals surface area contributed by atoms with Crippen LogP contribution in [0.25, 0.3) is 0 Å². The van der Waals surface area contributed by atoms with Gasteiger partial charge in [0.05, 0.1) is 11.1 Å². The standard InChI is InChI=1S/C12H15BrFNO/c13-10-5-1-4-9(11(10)14)12(15)8-3-2-6-16-7-8/h1,4-5,8,12H,2-3,6-7,15H2. The number of hydrogen-bond donors (Lipinski definition) is 1. The molecule has 1 aliphatic heterocycles. The highest BCUT2D eigenvalue weighted by atomic mass is 79.9. The predicted octanol–water partition coefficient (Wildman–Crippen LogP) is 3.01. The zero-order chi connectivity index (χ0) is 11.5. The third-order valence-electron chi connectivity index (χ3n) is 3.04. The molecule has 1 heterocycles. The van der Waals surface area contributed by atoms with Crippen LogP contribution in [0.4, 0.5) is 4.39 Å². The molecule has 16 heavy (non-hydrogen) atoms. The summed E-state index contributed by atoms with van der Waals surface area (Å²) >= 11 is 3.18. The second-order valence-corrected chi connectivity index (χ2v) is 5.00. The Morgan fingerprint density at radius 2 is 2.31 bits per heavy atom. The van der Waals surface area contributed by atoms with Crippen molar-refractivity contribution >= 4 is 15.9 Å². The molecule has 2 N–H and O–H groups in total. The van der Waals surface area contributed by atoms with Gasteiger partial charge in [-0.15, -0.1) is 0 Å². The highest BCUT2D eigenvalue weighted by molar-refractivity contribution is 9.10. The first kappa shape index (κ1) is 12.0. The van der Waals surface area contributed by atoms with E-state index >= 15 is 0 Å². The van der Waals surface area contributed by atoms with E-state index in [-0.39, 0.29) is 17.8 Å². The molecule has 1 fully saturated rings. The summed E-state index contributed by atoms with van der Waals surface area (Å²) in [5.74, 6) is -0.0295. The zero-order valence-corrected chi connectivity index (χ0v) is 10.5. The third kappa shape index (κ3) is 2.44. The Morgan fingerprint density at radius 1 is 1.50 bits per heavy atom. The Labute approximate surface area is 103 Å². The van der Waals surface area contributed by atoms with E-state index in [9.17, 15) is 4.39 Å². The fourth-order valence-electron chi connectivity index (χ4n) is 2.08. The first-order chi connectivity index (χ1) is 7.70. The number of ether oxygens (including phenoxy) is 1. The van der Waals surface area contributed by atoms with E-state index in [1.807, 2.05) is 6.07 Å². The van der Waals surface area contributed by atoms with Gasteiger partial charge in [0, 0.05) is 24.1 Å². The van der Waals surface area contributed by atoms with Crippen molar-refractivity contribution in [1.29, 1.82) is 0 Å². The molecule has 2 atom stereocenters. The van der Waals surface area contributed by atoms with Crippen LogP contribution in [0.3, 0.4) is 0 Å². The van der Waals surface area contributed by atoms with Crippen LogP contribution in [0.2, 0.25) is 0 Å². The summed E-state index contributed by atoms with van der Waals surface area (Å²) in [6.07, 6.45) is 2.01. The van der Waals surface area contributed by atoms with E-state index in [0.717, 1.165) is 19.4 Å². The molecule has 4 heteroatoms. The lowest BCUT2D eigenvalue weighted by molar-refractivity contribution is 0.0443. The van der Waals surface area contributed by atoms with Gasteiger partial charge in [-0.3, -0.25) is 0 Å². The number of hydrogen-bond acceptors (Lipinski definition) is 2. The quantitative estimate of drug-likeness (QED) is 0.908. The van der Waals surface area contributed by atoms with Gasteiger partial charge >= 0.3 is 0 Å². The molecule has 0 aliphatic carbocycles. The zero-order valence-electron chi connectivity index (χ0n) is 8.96. The van der Waals surface area contributed by atoms with Gasteiger partial charge < -0.3 is 10.5 Å². The van der Waals surface area contributed by atoms with Crippen molar-refractivity contribution in [3.05, 3.63) is 34.1 Å². The summed E-state index contributed by atoms with van der Waals surface area (Å²) in [6, 6.07) is 4.96. The Hall–Kier alpha value is -0.450. The van der Waals surface area contributed by atoms with Gasteiger partial charge in [-0.05, 0) is 34.8 Å². The second-order valence-electron chi connectivity index (χ2n) is 4.15. The minimum Gasteiger partial charge on any atom is -0.381 e. The van der Waals surface area contributed by atoms with Crippen molar-refractivity contribution in [3.63, 3.8) is 0 Å². The minimum atomic E-state index is -0.280. The first-order valence-electron chi connectivity index (χ1n) is 5.47. The number of rotatable bonds is 2. The molecule has 0 amide bonds. The summed E-state index contributed by atoms with van der Waals surface area (Å²) in [4.78, 5) is 0. The second kappa shape index (κ2) is 5.25. The molecule has 88 valence electrons. The number of benzene rings is 1. The van der Waals surface area contributed by atoms with Crippen LogP contribution >= 0.6 is 15.9 Å². The summed E-state index contributed by atoms with van der Waals surface area (Å²) < 4.78 is 19.7. The molecule has 0 aromatic heterocycles. The van der Waals surface area contributed by atoms with Gasteiger partial charge in [-0.2, -0.15) is 0 Å². The van der Waals surface area contributed by atoms with Crippen molar-refractivity contribution in [2.75, 3.05) is 13.2 Å². The largest absolute Gasteiger partial charge is 0.381 e. The minimum absolute atomic E-state index is 0.220. The van der Waals surface area contributed by atoms with Crippen LogP contribution in [0, 0.1) is 11.7 Å². The summed E-state index contributed by atoms with van der Waals surface area (Å²) in [5.41, 5.74) is 6.67. The maximum absolute atomic E-state index is 13.8. The van der Waals surface area contributed by atoms with Crippen molar-refractivity contribution < 1.29 is 9.13 Å². The van der Waals surface area contributed by atoms with Gasteiger partial charge in [0.15, 0.2) is 0 Å². The van der Waals surface area contributed by atoms with Gasteiger partial charge in [-0.25, -0.2) is 4.39 Å². The normalized spacial score (nSPS) is 23.1. The molecule has 1 aromatic rings. The molecule has 1 aromatic carbocycles. The van der Waals surface area contributed by atoms with Crippen LogP contribution in [-0.4, -0.2) is 13.2 Å². The molecular weight excluding hydrogens is 273 g/mol. The van der Waals surface area contributed by atoms with E-state index in [2.05, 4.69) is 15.9 Å². The van der Waals surface area contributed by atoms with Gasteiger partial charge in [0.25, 0.3) is 0 Å². The van der Waals surface area contributed by atoms with E-state index in [1.165, 1.54) is 0 Å². The SMILES string of the molecule is NC(c1cccc(Br)c1F)C1CCCOC1. The molecule has 0 saturated carbocycles. The fraction of sp³-hybridized carbons (Fsp3) is 0.500. The Kier molecular flexibility index (Phi) is 3.95. The molecule has 2 nitrogen and oxygen atoms in total. The highest BCUT2D eigenvalue weighted by Crippen LogP contribution is 2.30. The average Bonchev–Trinajstić information content (AvgIpc) is 2.33. The molecule has 0 radical (unpaired) electrons. The molecule has 1 aliphatic rings. The monoisotopic (exact) mass is 287 g/mol. The maximum atomic E-state index is 13.8. The predicted molar refractivity (Wildman–Crippen MR) is 64.6 cm³/mol. The van der Waals surface area contributed by atoms with Gasteiger partial charge in [-0.1, -0.05) is 12.1 Å². The van der Waals surface area contributed by atoms with Crippen LogP contribution in [0.15, 0.2) is 22.7 Å². The number of nitrogens with two attached hydrogens (primary N) is 1. The molecule has 0 spiro atoms. The number of halogens is 2. The van der Waals surface area contributed by atoms with E-state index in [1.54, 1.807) is 12.1 Å². The van der Waals surface area contributed by atoms with E-state index < -0.39 is 0 Å². The fourth-order valence-corrected chi connectivity index (χ4v) is 2.46. The van der Waals surface area contributed by atoms with Crippen molar-refractivity contribution in [1.82, 2.24) is 0 Å². The lowest BCUT2D eigenvalue weighted by Gasteiger charge is -2.28. The summed E-state index contributed by atoms with van der Waals surface area (Å²) in [5, 5.41) is 0. The average molecular weight is 288 g/mol. The Morgan fingerprint density at radius 3 is 3.00 bits per heavy atom. The van der Waals surface area contributed by atoms with E-state index in [0.29, 0.717) is 16.6 Å². The molecule has 2 rings (SSSR count). The van der Waals surface area contributed by atoms with Gasteiger partial charge in [0.2, 0.25) is 0 Å². The molecular formula is C12H15BrFNO. The smallest absolute Gasteiger partial charge is 0.142 e. The first-order valence-corrected chi connectivity index (χ1v) is 6.26. The van der Waals surface area contributed by atoms with Crippen LogP contribution in [0.5, 0.6) is 0 Å². The van der Waals surface area contributed by atoms with E-state index in [4.69, 9.17) is 10.5 Å². The Balaban J connectivity index is 2.19. The van der Waals surface area contributed by atoms with Crippen molar-refractivity contribution in [2.24, 2.45) is 11.7 Å². The van der Waals surface area contributed by atoms with Gasteiger partial charge in [0.1, 0.15) is 5.82 Å². The van der Waals surface area contributed by atoms with Crippen LogP contribution in [0.1, 0.15) is 24.4 Å². The highest BCUT2D eigenvalue weighted by Gasteiger charge is 2.25. The van der Waals surface area contributed by atoms with Crippen LogP contribution in [-0.2, 0) is 4.74 Å². The molecule has 2 unspecified atom stereocenters. The third-order valence-corrected chi connectivity index (χ3v) is 3.66. The molecule has 1 saturated heterocycles. The lowest BCUT2D eigenvalue weighted by Crippen LogP contribution is -2.29. The summed E-state index contributed by atoms with van der Waals surface area (Å²) in [6.45, 7) is 1.43. The lowest BCUT2D eigenvalue weighted by atomic mass is 9.89. The van der Waals surface area contributed by atoms with Crippen LogP contribution < -0.4 is 5.73 Å². The maximum Gasteiger partial charge on any atom is 0.142 e. The topological polar surface area (TPSA) is 35.2 Å². The summed E-state index contributed by atoms with van der Waals surface area (Å²) in [7, 11) is 0. The van der Waals surface area contributed by atoms with Crippen molar-refractivity contribution in [2.45, 2.75) is 18.9 Å². The Bertz CT molecular complexity index is 366.